The normalized spacial score (nSPS) is 13.8. The number of ether oxygens (including phenoxy) is 1. The maximum absolute atomic E-state index is 5.20. The van der Waals surface area contributed by atoms with Gasteiger partial charge in [-0.25, -0.2) is 0 Å². The molecule has 20 heavy (non-hydrogen) atoms. The highest BCUT2D eigenvalue weighted by molar-refractivity contribution is 5.29. The van der Waals surface area contributed by atoms with Gasteiger partial charge in [-0.15, -0.1) is 0 Å². The molecule has 0 saturated heterocycles. The van der Waals surface area contributed by atoms with Crippen molar-refractivity contribution >= 4 is 0 Å². The highest BCUT2D eigenvalue weighted by atomic mass is 16.5. The number of methoxy groups -OCH3 is 1. The van der Waals surface area contributed by atoms with Crippen LogP contribution < -0.4 is 10.1 Å². The van der Waals surface area contributed by atoms with Crippen molar-refractivity contribution in [2.45, 2.75) is 32.4 Å². The van der Waals surface area contributed by atoms with E-state index in [4.69, 9.17) is 4.74 Å². The molecule has 1 aromatic carbocycles. The third kappa shape index (κ3) is 3.58. The molecule has 0 aliphatic rings. The second-order valence-corrected chi connectivity index (χ2v) is 4.91. The summed E-state index contributed by atoms with van der Waals surface area (Å²) in [6.07, 6.45) is 4.76. The Balaban J connectivity index is 2.08. The van der Waals surface area contributed by atoms with E-state index in [-0.39, 0.29) is 6.04 Å². The molecule has 0 saturated carbocycles. The first-order valence-electron chi connectivity index (χ1n) is 7.04. The predicted octanol–water partition coefficient (Wildman–Crippen LogP) is 3.89. The van der Waals surface area contributed by atoms with Gasteiger partial charge in [-0.05, 0) is 42.7 Å². The Morgan fingerprint density at radius 2 is 1.90 bits per heavy atom. The van der Waals surface area contributed by atoms with Crippen molar-refractivity contribution in [1.82, 2.24) is 10.3 Å². The number of rotatable bonds is 6. The Kier molecular flexibility index (Phi) is 5.13. The first kappa shape index (κ1) is 14.5. The Morgan fingerprint density at radius 3 is 2.45 bits per heavy atom. The molecule has 1 aromatic heterocycles. The molecule has 0 aliphatic carbocycles. The quantitative estimate of drug-likeness (QED) is 0.864. The molecule has 1 unspecified atom stereocenters. The molecule has 0 fully saturated rings. The van der Waals surface area contributed by atoms with Crippen LogP contribution in [0.2, 0.25) is 0 Å². The topological polar surface area (TPSA) is 34.2 Å². The number of nitrogens with zero attached hydrogens (tertiary/aromatic N) is 1. The van der Waals surface area contributed by atoms with E-state index in [2.05, 4.69) is 42.3 Å². The third-order valence-electron chi connectivity index (χ3n) is 3.56. The van der Waals surface area contributed by atoms with E-state index in [9.17, 15) is 0 Å². The lowest BCUT2D eigenvalue weighted by Crippen LogP contribution is -2.24. The Hall–Kier alpha value is -1.87. The fraction of sp³-hybridized carbons (Fsp3) is 0.353. The maximum atomic E-state index is 5.20. The van der Waals surface area contributed by atoms with Gasteiger partial charge in [-0.3, -0.25) is 4.98 Å². The van der Waals surface area contributed by atoms with Crippen molar-refractivity contribution in [2.75, 3.05) is 7.11 Å². The van der Waals surface area contributed by atoms with Crippen LogP contribution in [-0.4, -0.2) is 12.1 Å². The molecule has 106 valence electrons. The first-order valence-corrected chi connectivity index (χ1v) is 7.04. The van der Waals surface area contributed by atoms with Gasteiger partial charge in [-0.1, -0.05) is 25.1 Å². The highest BCUT2D eigenvalue weighted by Gasteiger charge is 2.13. The second-order valence-electron chi connectivity index (χ2n) is 4.91. The summed E-state index contributed by atoms with van der Waals surface area (Å²) in [5.74, 6) is 0.893. The molecule has 2 rings (SSSR count). The first-order chi connectivity index (χ1) is 9.74. The standard InChI is InChI=1S/C17H22N2O/c1-4-17(14-7-9-16(20-3)10-8-14)19-13(2)15-6-5-11-18-12-15/h5-13,17,19H,4H2,1-3H3/t13-,17?/m1/s1. The minimum absolute atomic E-state index is 0.274. The summed E-state index contributed by atoms with van der Waals surface area (Å²) in [4.78, 5) is 4.18. The van der Waals surface area contributed by atoms with Crippen LogP contribution in [0.5, 0.6) is 5.75 Å². The zero-order chi connectivity index (χ0) is 14.4. The highest BCUT2D eigenvalue weighted by Crippen LogP contribution is 2.23. The Labute approximate surface area is 121 Å². The van der Waals surface area contributed by atoms with E-state index >= 15 is 0 Å². The van der Waals surface area contributed by atoms with Gasteiger partial charge in [-0.2, -0.15) is 0 Å². The van der Waals surface area contributed by atoms with Gasteiger partial charge in [0, 0.05) is 24.5 Å². The van der Waals surface area contributed by atoms with Crippen molar-refractivity contribution in [1.29, 1.82) is 0 Å². The molecular weight excluding hydrogens is 248 g/mol. The van der Waals surface area contributed by atoms with Gasteiger partial charge >= 0.3 is 0 Å². The summed E-state index contributed by atoms with van der Waals surface area (Å²) < 4.78 is 5.20. The van der Waals surface area contributed by atoms with Gasteiger partial charge in [0.25, 0.3) is 0 Å². The predicted molar refractivity (Wildman–Crippen MR) is 81.8 cm³/mol. The fourth-order valence-electron chi connectivity index (χ4n) is 2.32. The van der Waals surface area contributed by atoms with Crippen LogP contribution in [-0.2, 0) is 0 Å². The lowest BCUT2D eigenvalue weighted by molar-refractivity contribution is 0.413. The zero-order valence-corrected chi connectivity index (χ0v) is 12.3. The molecule has 0 radical (unpaired) electrons. The molecule has 0 bridgehead atoms. The van der Waals surface area contributed by atoms with Crippen LogP contribution in [0, 0.1) is 0 Å². The maximum Gasteiger partial charge on any atom is 0.118 e. The van der Waals surface area contributed by atoms with E-state index in [0.717, 1.165) is 12.2 Å². The minimum Gasteiger partial charge on any atom is -0.497 e. The van der Waals surface area contributed by atoms with E-state index in [1.54, 1.807) is 13.3 Å². The van der Waals surface area contributed by atoms with Crippen molar-refractivity contribution in [3.05, 3.63) is 59.9 Å². The third-order valence-corrected chi connectivity index (χ3v) is 3.56. The number of benzene rings is 1. The summed E-state index contributed by atoms with van der Waals surface area (Å²) in [6.45, 7) is 4.36. The molecule has 2 aromatic rings. The van der Waals surface area contributed by atoms with Crippen molar-refractivity contribution in [3.8, 4) is 5.75 Å². The molecule has 3 nitrogen and oxygen atoms in total. The molecule has 0 spiro atoms. The van der Waals surface area contributed by atoms with E-state index in [1.807, 2.05) is 24.4 Å². The summed E-state index contributed by atoms with van der Waals surface area (Å²) in [7, 11) is 1.69. The van der Waals surface area contributed by atoms with Crippen LogP contribution in [0.4, 0.5) is 0 Å². The number of hydrogen-bond donors (Lipinski definition) is 1. The average molecular weight is 270 g/mol. The largest absolute Gasteiger partial charge is 0.497 e. The minimum atomic E-state index is 0.274. The van der Waals surface area contributed by atoms with Gasteiger partial charge in [0.15, 0.2) is 0 Å². The van der Waals surface area contributed by atoms with E-state index in [0.29, 0.717) is 6.04 Å². The molecule has 3 heteroatoms. The number of nitrogens with one attached hydrogen (secondary N) is 1. The van der Waals surface area contributed by atoms with E-state index < -0.39 is 0 Å². The number of aromatic nitrogens is 1. The molecular formula is C17H22N2O. The van der Waals surface area contributed by atoms with Gasteiger partial charge in [0.2, 0.25) is 0 Å². The SMILES string of the molecule is CCC(N[C@H](C)c1cccnc1)c1ccc(OC)cc1. The van der Waals surface area contributed by atoms with Crippen LogP contribution in [0.25, 0.3) is 0 Å². The molecule has 0 amide bonds. The van der Waals surface area contributed by atoms with Crippen molar-refractivity contribution in [2.24, 2.45) is 0 Å². The van der Waals surface area contributed by atoms with Crippen molar-refractivity contribution < 1.29 is 4.74 Å². The van der Waals surface area contributed by atoms with Gasteiger partial charge in [0.05, 0.1) is 7.11 Å². The Morgan fingerprint density at radius 1 is 1.15 bits per heavy atom. The monoisotopic (exact) mass is 270 g/mol. The van der Waals surface area contributed by atoms with Crippen LogP contribution in [0.1, 0.15) is 43.5 Å². The molecule has 1 heterocycles. The number of pyridine rings is 1. The number of hydrogen-bond acceptors (Lipinski definition) is 3. The average Bonchev–Trinajstić information content (AvgIpc) is 2.53. The molecule has 0 aliphatic heterocycles. The van der Waals surface area contributed by atoms with Crippen molar-refractivity contribution in [3.63, 3.8) is 0 Å². The second kappa shape index (κ2) is 7.06. The Bertz CT molecular complexity index is 510. The van der Waals surface area contributed by atoms with Gasteiger partial charge < -0.3 is 10.1 Å². The summed E-state index contributed by atoms with van der Waals surface area (Å²) in [5.41, 5.74) is 2.49. The van der Waals surface area contributed by atoms with E-state index in [1.165, 1.54) is 11.1 Å². The zero-order valence-electron chi connectivity index (χ0n) is 12.3. The lowest BCUT2D eigenvalue weighted by atomic mass is 10.0. The van der Waals surface area contributed by atoms with Crippen LogP contribution >= 0.6 is 0 Å². The van der Waals surface area contributed by atoms with Crippen LogP contribution in [0.3, 0.4) is 0 Å². The smallest absolute Gasteiger partial charge is 0.118 e. The summed E-state index contributed by atoms with van der Waals surface area (Å²) in [6, 6.07) is 12.9. The summed E-state index contributed by atoms with van der Waals surface area (Å²) in [5, 5.41) is 3.66. The lowest BCUT2D eigenvalue weighted by Gasteiger charge is -2.23. The summed E-state index contributed by atoms with van der Waals surface area (Å²) >= 11 is 0. The van der Waals surface area contributed by atoms with Crippen LogP contribution in [0.15, 0.2) is 48.8 Å². The molecule has 2 atom stereocenters. The molecule has 1 N–H and O–H groups in total. The van der Waals surface area contributed by atoms with Gasteiger partial charge in [0.1, 0.15) is 5.75 Å². The fourth-order valence-corrected chi connectivity index (χ4v) is 2.32.